The first kappa shape index (κ1) is 29.1. The Balaban J connectivity index is 1.25. The predicted octanol–water partition coefficient (Wildman–Crippen LogP) is 3.65. The molecule has 41 heavy (non-hydrogen) atoms. The average molecular weight is 590 g/mol. The van der Waals surface area contributed by atoms with E-state index >= 15 is 0 Å². The molecule has 13 heteroatoms. The number of hydrogen-bond donors (Lipinski definition) is 4. The van der Waals surface area contributed by atoms with Gasteiger partial charge in [-0.25, -0.2) is 9.97 Å². The molecule has 2 atom stereocenters. The lowest BCUT2D eigenvalue weighted by Crippen LogP contribution is -2.39. The van der Waals surface area contributed by atoms with Crippen molar-refractivity contribution in [2.45, 2.75) is 44.3 Å². The fourth-order valence-corrected chi connectivity index (χ4v) is 5.20. The highest BCUT2D eigenvalue weighted by Gasteiger charge is 2.31. The van der Waals surface area contributed by atoms with E-state index in [9.17, 15) is 23.8 Å². The number of rotatable bonds is 10. The van der Waals surface area contributed by atoms with Crippen LogP contribution < -0.4 is 15.4 Å². The molecule has 3 heterocycles. The molecule has 1 saturated heterocycles. The standard InChI is InChI=1S/C28H30ClF2N5O5/c29-22-12-32-28(33-19-6-8-40-9-7-19)35-25(22)17-4-5-18-13-36(26(39)21(18)11-17)14-24(38)34-23(15-37)16-2-1-3-20(10-16)41-27(30)31/h1-5,10-12,19,23,26-27,37,39H,6-9,13-15H2,(H,34,38)(H,32,33,35)/t23-,26?/m1/s1. The van der Waals surface area contributed by atoms with E-state index in [1.54, 1.807) is 23.2 Å². The van der Waals surface area contributed by atoms with Crippen molar-refractivity contribution >= 4 is 23.5 Å². The zero-order valence-corrected chi connectivity index (χ0v) is 22.7. The zero-order valence-electron chi connectivity index (χ0n) is 22.0. The molecule has 1 unspecified atom stereocenters. The van der Waals surface area contributed by atoms with Crippen LogP contribution in [0.5, 0.6) is 5.75 Å². The summed E-state index contributed by atoms with van der Waals surface area (Å²) < 4.78 is 35.0. The molecule has 1 fully saturated rings. The first-order valence-electron chi connectivity index (χ1n) is 13.2. The maximum atomic E-state index is 12.9. The molecule has 0 radical (unpaired) electrons. The van der Waals surface area contributed by atoms with Gasteiger partial charge in [0.1, 0.15) is 12.0 Å². The van der Waals surface area contributed by atoms with Crippen molar-refractivity contribution in [3.8, 4) is 17.0 Å². The number of fused-ring (bicyclic) bond motifs is 1. The molecule has 2 aliphatic rings. The number of carbonyl (C=O) groups excluding carboxylic acids is 1. The summed E-state index contributed by atoms with van der Waals surface area (Å²) in [6, 6.07) is 10.7. The summed E-state index contributed by atoms with van der Waals surface area (Å²) in [6.45, 7) is -1.94. The molecule has 1 aromatic heterocycles. The van der Waals surface area contributed by atoms with Gasteiger partial charge < -0.3 is 30.3 Å². The number of amides is 1. The Morgan fingerprint density at radius 3 is 2.78 bits per heavy atom. The quantitative estimate of drug-likeness (QED) is 0.280. The van der Waals surface area contributed by atoms with E-state index in [0.29, 0.717) is 53.1 Å². The van der Waals surface area contributed by atoms with Crippen molar-refractivity contribution in [2.75, 3.05) is 31.7 Å². The third kappa shape index (κ3) is 7.08. The normalized spacial score (nSPS) is 18.2. The first-order valence-corrected chi connectivity index (χ1v) is 13.6. The van der Waals surface area contributed by atoms with Crippen LogP contribution in [-0.4, -0.2) is 70.0 Å². The highest BCUT2D eigenvalue weighted by atomic mass is 35.5. The molecular weight excluding hydrogens is 560 g/mol. The minimum Gasteiger partial charge on any atom is -0.435 e. The van der Waals surface area contributed by atoms with E-state index in [4.69, 9.17) is 16.3 Å². The van der Waals surface area contributed by atoms with Crippen molar-refractivity contribution in [1.82, 2.24) is 20.2 Å². The number of benzene rings is 2. The lowest BCUT2D eigenvalue weighted by molar-refractivity contribution is -0.126. The molecule has 2 aromatic carbocycles. The largest absolute Gasteiger partial charge is 0.435 e. The number of carbonyl (C=O) groups is 1. The fourth-order valence-electron chi connectivity index (χ4n) is 5.00. The summed E-state index contributed by atoms with van der Waals surface area (Å²) in [7, 11) is 0. The van der Waals surface area contributed by atoms with Crippen LogP contribution in [0.15, 0.2) is 48.7 Å². The molecule has 1 amide bonds. The summed E-state index contributed by atoms with van der Waals surface area (Å²) in [4.78, 5) is 23.4. The van der Waals surface area contributed by atoms with Crippen LogP contribution in [0.2, 0.25) is 5.02 Å². The van der Waals surface area contributed by atoms with Crippen LogP contribution in [0.3, 0.4) is 0 Å². The summed E-state index contributed by atoms with van der Waals surface area (Å²) in [6.07, 6.45) is 2.19. The predicted molar refractivity (Wildman–Crippen MR) is 146 cm³/mol. The number of alkyl halides is 2. The van der Waals surface area contributed by atoms with E-state index < -0.39 is 31.4 Å². The Kier molecular flexibility index (Phi) is 9.25. The number of ether oxygens (including phenoxy) is 2. The van der Waals surface area contributed by atoms with Gasteiger partial charge in [0.05, 0.1) is 36.1 Å². The minimum absolute atomic E-state index is 0.0818. The van der Waals surface area contributed by atoms with Crippen molar-refractivity contribution < 1.29 is 33.3 Å². The second-order valence-corrected chi connectivity index (χ2v) is 10.3. The van der Waals surface area contributed by atoms with Crippen molar-refractivity contribution in [1.29, 1.82) is 0 Å². The Bertz CT molecular complexity index is 1380. The molecule has 4 N–H and O–H groups in total. The van der Waals surface area contributed by atoms with E-state index in [1.165, 1.54) is 18.2 Å². The van der Waals surface area contributed by atoms with E-state index in [1.807, 2.05) is 12.1 Å². The van der Waals surface area contributed by atoms with Crippen LogP contribution in [0, 0.1) is 0 Å². The zero-order chi connectivity index (χ0) is 28.9. The third-order valence-electron chi connectivity index (χ3n) is 7.07. The van der Waals surface area contributed by atoms with Gasteiger partial charge in [-0.05, 0) is 42.2 Å². The number of halogens is 3. The van der Waals surface area contributed by atoms with Crippen LogP contribution in [0.25, 0.3) is 11.3 Å². The van der Waals surface area contributed by atoms with E-state index in [-0.39, 0.29) is 18.3 Å². The Hall–Kier alpha value is -3.42. The van der Waals surface area contributed by atoms with Gasteiger partial charge >= 0.3 is 6.61 Å². The third-order valence-corrected chi connectivity index (χ3v) is 7.34. The fraction of sp³-hybridized carbons (Fsp3) is 0.393. The average Bonchev–Trinajstić information content (AvgIpc) is 3.27. The number of hydrogen-bond acceptors (Lipinski definition) is 9. The van der Waals surface area contributed by atoms with E-state index in [0.717, 1.165) is 18.4 Å². The van der Waals surface area contributed by atoms with Gasteiger partial charge in [0.2, 0.25) is 11.9 Å². The lowest BCUT2D eigenvalue weighted by Gasteiger charge is -2.23. The van der Waals surface area contributed by atoms with Crippen LogP contribution in [-0.2, 0) is 16.1 Å². The molecule has 3 aromatic rings. The van der Waals surface area contributed by atoms with Gasteiger partial charge in [-0.3, -0.25) is 9.69 Å². The SMILES string of the molecule is O=C(CN1Cc2ccc(-c3nc(NC4CCOCC4)ncc3Cl)cc2C1O)N[C@H](CO)c1cccc(OC(F)F)c1. The molecular formula is C28H30ClF2N5O5. The second kappa shape index (κ2) is 13.0. The molecule has 0 bridgehead atoms. The van der Waals surface area contributed by atoms with Gasteiger partial charge in [0, 0.05) is 36.9 Å². The highest BCUT2D eigenvalue weighted by molar-refractivity contribution is 6.32. The van der Waals surface area contributed by atoms with Gasteiger partial charge in [0.15, 0.2) is 0 Å². The lowest BCUT2D eigenvalue weighted by atomic mass is 10.0. The Labute approximate surface area is 240 Å². The molecule has 0 aliphatic carbocycles. The molecule has 10 nitrogen and oxygen atoms in total. The number of aliphatic hydroxyl groups is 2. The van der Waals surface area contributed by atoms with Gasteiger partial charge in [-0.15, -0.1) is 0 Å². The van der Waals surface area contributed by atoms with Crippen molar-refractivity contribution in [2.24, 2.45) is 0 Å². The van der Waals surface area contributed by atoms with Gasteiger partial charge in [-0.2, -0.15) is 8.78 Å². The van der Waals surface area contributed by atoms with E-state index in [2.05, 4.69) is 25.3 Å². The molecule has 2 aliphatic heterocycles. The minimum atomic E-state index is -2.99. The second-order valence-electron chi connectivity index (χ2n) is 9.87. The van der Waals surface area contributed by atoms with Crippen LogP contribution in [0.1, 0.15) is 41.8 Å². The molecule has 5 rings (SSSR count). The van der Waals surface area contributed by atoms with Gasteiger partial charge in [0.25, 0.3) is 0 Å². The Morgan fingerprint density at radius 2 is 2.02 bits per heavy atom. The Morgan fingerprint density at radius 1 is 1.22 bits per heavy atom. The number of aliphatic hydroxyl groups excluding tert-OH is 2. The smallest absolute Gasteiger partial charge is 0.387 e. The molecule has 0 saturated carbocycles. The van der Waals surface area contributed by atoms with Crippen LogP contribution in [0.4, 0.5) is 14.7 Å². The van der Waals surface area contributed by atoms with Gasteiger partial charge in [-0.1, -0.05) is 35.9 Å². The van der Waals surface area contributed by atoms with Crippen LogP contribution >= 0.6 is 11.6 Å². The number of nitrogens with one attached hydrogen (secondary N) is 2. The summed E-state index contributed by atoms with van der Waals surface area (Å²) in [5.74, 6) is -0.0823. The number of anilines is 1. The molecule has 218 valence electrons. The van der Waals surface area contributed by atoms with Crippen molar-refractivity contribution in [3.63, 3.8) is 0 Å². The topological polar surface area (TPSA) is 129 Å². The molecule has 0 spiro atoms. The number of aromatic nitrogens is 2. The maximum Gasteiger partial charge on any atom is 0.387 e. The summed E-state index contributed by atoms with van der Waals surface area (Å²) >= 11 is 6.44. The monoisotopic (exact) mass is 589 g/mol. The summed E-state index contributed by atoms with van der Waals surface area (Å²) in [5, 5.41) is 27.3. The summed E-state index contributed by atoms with van der Waals surface area (Å²) in [5.41, 5.74) is 3.09. The maximum absolute atomic E-state index is 12.9. The van der Waals surface area contributed by atoms with Crippen molar-refractivity contribution in [3.05, 3.63) is 70.4 Å². The first-order chi connectivity index (χ1) is 19.8. The number of nitrogens with zero attached hydrogens (tertiary/aromatic N) is 3. The highest BCUT2D eigenvalue weighted by Crippen LogP contribution is 2.36.